The number of piperidine rings is 1. The molecule has 110 valence electrons. The maximum absolute atomic E-state index is 12.4. The number of amides is 1. The van der Waals surface area contributed by atoms with Crippen LogP contribution in [-0.4, -0.2) is 23.5 Å². The Hall–Kier alpha value is -1.65. The predicted molar refractivity (Wildman–Crippen MR) is 85.6 cm³/mol. The number of anilines is 1. The molecule has 1 saturated heterocycles. The van der Waals surface area contributed by atoms with Gasteiger partial charge in [-0.3, -0.25) is 9.78 Å². The first-order valence-corrected chi connectivity index (χ1v) is 7.60. The molecule has 3 rings (SSSR count). The Bertz CT molecular complexity index is 674. The third kappa shape index (κ3) is 3.01. The van der Waals surface area contributed by atoms with Crippen LogP contribution in [0.3, 0.4) is 0 Å². The summed E-state index contributed by atoms with van der Waals surface area (Å²) in [6.07, 6.45) is 3.69. The summed E-state index contributed by atoms with van der Waals surface area (Å²) in [5.41, 5.74) is 1.47. The smallest absolute Gasteiger partial charge is 0.241 e. The summed E-state index contributed by atoms with van der Waals surface area (Å²) >= 11 is 6.15. The molecule has 2 heterocycles. The average Bonchev–Trinajstić information content (AvgIpc) is 2.50. The molecule has 0 spiro atoms. The van der Waals surface area contributed by atoms with E-state index in [0.29, 0.717) is 16.5 Å². The van der Waals surface area contributed by atoms with Crippen LogP contribution in [0.25, 0.3) is 10.9 Å². The van der Waals surface area contributed by atoms with E-state index in [1.165, 1.54) is 0 Å². The molecule has 1 amide bonds. The van der Waals surface area contributed by atoms with Crippen LogP contribution in [0.5, 0.6) is 0 Å². The van der Waals surface area contributed by atoms with E-state index >= 15 is 0 Å². The molecular weight excluding hydrogens is 286 g/mol. The van der Waals surface area contributed by atoms with E-state index in [-0.39, 0.29) is 11.9 Å². The Morgan fingerprint density at radius 2 is 2.29 bits per heavy atom. The van der Waals surface area contributed by atoms with Crippen LogP contribution in [0.2, 0.25) is 5.02 Å². The van der Waals surface area contributed by atoms with Crippen molar-refractivity contribution in [2.45, 2.75) is 25.8 Å². The third-order valence-corrected chi connectivity index (χ3v) is 4.27. The van der Waals surface area contributed by atoms with Crippen LogP contribution in [-0.2, 0) is 4.79 Å². The minimum Gasteiger partial charge on any atom is -0.324 e. The van der Waals surface area contributed by atoms with Crippen LogP contribution >= 0.6 is 11.6 Å². The van der Waals surface area contributed by atoms with Gasteiger partial charge in [-0.05, 0) is 49.6 Å². The highest BCUT2D eigenvalue weighted by Gasteiger charge is 2.24. The van der Waals surface area contributed by atoms with E-state index in [4.69, 9.17) is 11.6 Å². The van der Waals surface area contributed by atoms with Gasteiger partial charge in [0.25, 0.3) is 0 Å². The fourth-order valence-corrected chi connectivity index (χ4v) is 2.99. The van der Waals surface area contributed by atoms with Crippen molar-refractivity contribution in [2.24, 2.45) is 5.92 Å². The Morgan fingerprint density at radius 3 is 3.10 bits per heavy atom. The minimum absolute atomic E-state index is 0.00836. The maximum atomic E-state index is 12.4. The molecule has 0 saturated carbocycles. The van der Waals surface area contributed by atoms with Crippen molar-refractivity contribution in [3.63, 3.8) is 0 Å². The zero-order chi connectivity index (χ0) is 14.8. The number of aromatic nitrogens is 1. The molecule has 4 nitrogen and oxygen atoms in total. The average molecular weight is 304 g/mol. The zero-order valence-corrected chi connectivity index (χ0v) is 12.7. The van der Waals surface area contributed by atoms with Crippen molar-refractivity contribution in [1.29, 1.82) is 0 Å². The first-order chi connectivity index (χ1) is 10.1. The summed E-state index contributed by atoms with van der Waals surface area (Å²) in [4.78, 5) is 16.7. The standard InChI is InChI=1S/C16H18ClN3O/c1-10-6-8-18-14(9-10)16(21)20-13-5-4-12(17)15-11(13)3-2-7-19-15/h2-5,7,10,14,18H,6,8-9H2,1H3,(H,20,21). The second-order valence-corrected chi connectivity index (χ2v) is 6.03. The number of hydrogen-bond acceptors (Lipinski definition) is 3. The van der Waals surface area contributed by atoms with Crippen molar-refractivity contribution < 1.29 is 4.79 Å². The molecule has 1 aromatic heterocycles. The summed E-state index contributed by atoms with van der Waals surface area (Å²) in [5.74, 6) is 0.583. The summed E-state index contributed by atoms with van der Waals surface area (Å²) in [7, 11) is 0. The lowest BCUT2D eigenvalue weighted by molar-refractivity contribution is -0.119. The number of nitrogens with zero attached hydrogens (tertiary/aromatic N) is 1. The van der Waals surface area contributed by atoms with Gasteiger partial charge in [-0.15, -0.1) is 0 Å². The number of hydrogen-bond donors (Lipinski definition) is 2. The van der Waals surface area contributed by atoms with Crippen molar-refractivity contribution in [3.8, 4) is 0 Å². The van der Waals surface area contributed by atoms with Crippen LogP contribution in [0.4, 0.5) is 5.69 Å². The van der Waals surface area contributed by atoms with Gasteiger partial charge < -0.3 is 10.6 Å². The zero-order valence-electron chi connectivity index (χ0n) is 11.9. The van der Waals surface area contributed by atoms with Gasteiger partial charge >= 0.3 is 0 Å². The van der Waals surface area contributed by atoms with Gasteiger partial charge in [0.2, 0.25) is 5.91 Å². The monoisotopic (exact) mass is 303 g/mol. The molecule has 2 N–H and O–H groups in total. The number of carbonyl (C=O) groups is 1. The number of halogens is 1. The van der Waals surface area contributed by atoms with Crippen molar-refractivity contribution in [2.75, 3.05) is 11.9 Å². The Kier molecular flexibility index (Phi) is 4.08. The number of benzene rings is 1. The van der Waals surface area contributed by atoms with Crippen molar-refractivity contribution >= 4 is 34.1 Å². The minimum atomic E-state index is -0.129. The van der Waals surface area contributed by atoms with Crippen molar-refractivity contribution in [1.82, 2.24) is 10.3 Å². The molecule has 1 aliphatic rings. The van der Waals surface area contributed by atoms with Crippen LogP contribution in [0.1, 0.15) is 19.8 Å². The SMILES string of the molecule is CC1CCNC(C(=O)Nc2ccc(Cl)c3ncccc23)C1. The second-order valence-electron chi connectivity index (χ2n) is 5.62. The van der Waals surface area contributed by atoms with Crippen LogP contribution < -0.4 is 10.6 Å². The molecule has 2 atom stereocenters. The fourth-order valence-electron chi connectivity index (χ4n) is 2.77. The van der Waals surface area contributed by atoms with E-state index in [9.17, 15) is 4.79 Å². The second kappa shape index (κ2) is 6.00. The molecular formula is C16H18ClN3O. The Balaban J connectivity index is 1.85. The number of carbonyl (C=O) groups excluding carboxylic acids is 1. The lowest BCUT2D eigenvalue weighted by atomic mass is 9.94. The summed E-state index contributed by atoms with van der Waals surface area (Å²) < 4.78 is 0. The molecule has 1 aromatic carbocycles. The van der Waals surface area contributed by atoms with Gasteiger partial charge in [-0.1, -0.05) is 18.5 Å². The van der Waals surface area contributed by atoms with Crippen LogP contribution in [0.15, 0.2) is 30.5 Å². The number of rotatable bonds is 2. The lowest BCUT2D eigenvalue weighted by Gasteiger charge is -2.27. The topological polar surface area (TPSA) is 54.0 Å². The lowest BCUT2D eigenvalue weighted by Crippen LogP contribution is -2.45. The number of pyridine rings is 1. The van der Waals surface area contributed by atoms with Gasteiger partial charge in [0.1, 0.15) is 0 Å². The molecule has 2 unspecified atom stereocenters. The highest BCUT2D eigenvalue weighted by molar-refractivity contribution is 6.35. The Morgan fingerprint density at radius 1 is 1.43 bits per heavy atom. The number of fused-ring (bicyclic) bond motifs is 1. The van der Waals surface area contributed by atoms with Crippen LogP contribution in [0, 0.1) is 5.92 Å². The maximum Gasteiger partial charge on any atom is 0.241 e. The molecule has 2 aromatic rings. The highest BCUT2D eigenvalue weighted by atomic mass is 35.5. The Labute approximate surface area is 128 Å². The molecule has 0 aliphatic carbocycles. The summed E-state index contributed by atoms with van der Waals surface area (Å²) in [5, 5.41) is 7.73. The highest BCUT2D eigenvalue weighted by Crippen LogP contribution is 2.28. The number of nitrogens with one attached hydrogen (secondary N) is 2. The van der Waals surface area contributed by atoms with Gasteiger partial charge in [-0.25, -0.2) is 0 Å². The fraction of sp³-hybridized carbons (Fsp3) is 0.375. The molecule has 1 fully saturated rings. The van der Waals surface area contributed by atoms with E-state index in [0.717, 1.165) is 30.5 Å². The molecule has 5 heteroatoms. The quantitative estimate of drug-likeness (QED) is 0.895. The first kappa shape index (κ1) is 14.3. The normalized spacial score (nSPS) is 22.2. The molecule has 21 heavy (non-hydrogen) atoms. The van der Waals surface area contributed by atoms with Gasteiger partial charge in [0.05, 0.1) is 22.3 Å². The third-order valence-electron chi connectivity index (χ3n) is 3.96. The van der Waals surface area contributed by atoms with E-state index in [1.807, 2.05) is 18.2 Å². The van der Waals surface area contributed by atoms with E-state index < -0.39 is 0 Å². The molecule has 0 bridgehead atoms. The van der Waals surface area contributed by atoms with Crippen molar-refractivity contribution in [3.05, 3.63) is 35.5 Å². The molecule has 1 aliphatic heterocycles. The van der Waals surface area contributed by atoms with E-state index in [1.54, 1.807) is 12.3 Å². The van der Waals surface area contributed by atoms with E-state index in [2.05, 4.69) is 22.5 Å². The largest absolute Gasteiger partial charge is 0.324 e. The molecule has 0 radical (unpaired) electrons. The summed E-state index contributed by atoms with van der Waals surface area (Å²) in [6, 6.07) is 7.23. The predicted octanol–water partition coefficient (Wildman–Crippen LogP) is 3.21. The first-order valence-electron chi connectivity index (χ1n) is 7.22. The summed E-state index contributed by atoms with van der Waals surface area (Å²) in [6.45, 7) is 3.07. The van der Waals surface area contributed by atoms with Gasteiger partial charge in [-0.2, -0.15) is 0 Å². The van der Waals surface area contributed by atoms with Gasteiger partial charge in [0.15, 0.2) is 0 Å². The van der Waals surface area contributed by atoms with Gasteiger partial charge in [0, 0.05) is 11.6 Å².